The van der Waals surface area contributed by atoms with Gasteiger partial charge in [0.25, 0.3) is 5.01 Å². The first-order chi connectivity index (χ1) is 23.8. The fourth-order valence-corrected chi connectivity index (χ4v) is 12.6. The Bertz CT molecular complexity index is 2080. The fraction of sp³-hybridized carbons (Fsp3) is 0.441. The summed E-state index contributed by atoms with van der Waals surface area (Å²) in [5.41, 5.74) is 2.21. The number of aromatic nitrogens is 1. The molecule has 2 N–H and O–H groups in total. The number of carboxylic acids is 1. The van der Waals surface area contributed by atoms with Crippen LogP contribution in [0.1, 0.15) is 75.3 Å². The van der Waals surface area contributed by atoms with E-state index in [-0.39, 0.29) is 72.1 Å². The second kappa shape index (κ2) is 16.5. The molecule has 0 radical (unpaired) electrons. The Morgan fingerprint density at radius 3 is 2.43 bits per heavy atom. The second-order valence-corrected chi connectivity index (χ2v) is 18.2. The van der Waals surface area contributed by atoms with E-state index in [2.05, 4.69) is 5.32 Å². The summed E-state index contributed by atoms with van der Waals surface area (Å²) in [6.45, 7) is 0.740. The third-order valence-corrected chi connectivity index (χ3v) is 14.6. The van der Waals surface area contributed by atoms with Crippen molar-refractivity contribution in [3.63, 3.8) is 0 Å². The number of rotatable bonds is 13. The van der Waals surface area contributed by atoms with Gasteiger partial charge in [0.2, 0.25) is 11.4 Å². The van der Waals surface area contributed by atoms with Gasteiger partial charge in [0, 0.05) is 62.9 Å². The third-order valence-electron chi connectivity index (χ3n) is 9.78. The maximum atomic E-state index is 13.0. The van der Waals surface area contributed by atoms with Crippen LogP contribution in [0.15, 0.2) is 70.1 Å². The summed E-state index contributed by atoms with van der Waals surface area (Å²) in [6, 6.07) is 14.4. The zero-order valence-electron chi connectivity index (χ0n) is 28.2. The van der Waals surface area contributed by atoms with Crippen LogP contribution in [0.5, 0.6) is 0 Å². The minimum absolute atomic E-state index is 0. The Labute approximate surface area is 328 Å². The van der Waals surface area contributed by atoms with Crippen molar-refractivity contribution in [3.05, 3.63) is 70.2 Å². The number of unbranched alkanes of at least 4 members (excludes halogenated alkanes) is 1. The van der Waals surface area contributed by atoms with Crippen LogP contribution < -0.4 is 43.9 Å². The largest absolute Gasteiger partial charge is 1.00 e. The molecule has 2 fully saturated rings. The number of thiazole rings is 1. The third kappa shape index (κ3) is 8.66. The number of nitrogens with zero attached hydrogens (tertiary/aromatic N) is 2. The monoisotopic (exact) mass is 784 g/mol. The van der Waals surface area contributed by atoms with Crippen molar-refractivity contribution in [2.45, 2.75) is 85.8 Å². The van der Waals surface area contributed by atoms with Gasteiger partial charge in [-0.25, -0.2) is 21.3 Å². The SMILES string of the molecule is O=C(O)CCCCNC(=O)CCC(/C=C1\Sc2ccccc2[N+]12CCCC2S(=O)(=O)[O-])=C\c1sc2ccccc2[n+]1C1CCCC1S(=O)(=O)[O-].[Na+]. The van der Waals surface area contributed by atoms with Crippen molar-refractivity contribution >= 4 is 77.2 Å². The average Bonchev–Trinajstić information content (AvgIpc) is 3.84. The number of fused-ring (bicyclic) bond motifs is 3. The number of hydrogen-bond donors (Lipinski definition) is 2. The number of benzene rings is 2. The molecule has 1 amide bonds. The van der Waals surface area contributed by atoms with Gasteiger partial charge in [0.15, 0.2) is 32.3 Å². The molecule has 4 unspecified atom stereocenters. The molecule has 51 heavy (non-hydrogen) atoms. The summed E-state index contributed by atoms with van der Waals surface area (Å²) in [6.07, 6.45) is 7.13. The molecule has 2 aromatic carbocycles. The van der Waals surface area contributed by atoms with Gasteiger partial charge < -0.3 is 19.5 Å². The predicted molar refractivity (Wildman–Crippen MR) is 190 cm³/mol. The molecule has 1 aromatic heterocycles. The predicted octanol–water partition coefficient (Wildman–Crippen LogP) is 1.99. The molecule has 0 bridgehead atoms. The van der Waals surface area contributed by atoms with E-state index >= 15 is 0 Å². The van der Waals surface area contributed by atoms with Crippen LogP contribution in [-0.2, 0) is 29.8 Å². The molecule has 3 heterocycles. The molecular formula is C34H39N3NaO9S4+. The van der Waals surface area contributed by atoms with Crippen molar-refractivity contribution in [2.24, 2.45) is 0 Å². The molecule has 3 aromatic rings. The smallest absolute Gasteiger partial charge is 0.748 e. The summed E-state index contributed by atoms with van der Waals surface area (Å²) in [7, 11) is -9.30. The van der Waals surface area contributed by atoms with E-state index in [0.29, 0.717) is 60.8 Å². The van der Waals surface area contributed by atoms with Crippen LogP contribution in [0.4, 0.5) is 5.69 Å². The number of carbonyl (C=O) groups excluding carboxylic acids is 1. The van der Waals surface area contributed by atoms with Gasteiger partial charge in [-0.2, -0.15) is 4.57 Å². The first kappa shape index (κ1) is 40.1. The number of quaternary nitrogens is 1. The maximum absolute atomic E-state index is 13.0. The molecule has 12 nitrogen and oxygen atoms in total. The molecule has 3 aliphatic rings. The Morgan fingerprint density at radius 2 is 1.69 bits per heavy atom. The van der Waals surface area contributed by atoms with Gasteiger partial charge in [-0.05, 0) is 61.6 Å². The molecule has 2 aliphatic heterocycles. The number of hydrogen-bond acceptors (Lipinski definition) is 10. The van der Waals surface area contributed by atoms with Crippen LogP contribution >= 0.6 is 23.1 Å². The van der Waals surface area contributed by atoms with E-state index in [9.17, 15) is 35.5 Å². The van der Waals surface area contributed by atoms with E-state index in [1.165, 1.54) is 23.1 Å². The number of para-hydroxylation sites is 2. The Balaban J connectivity index is 0.00000504. The normalized spacial score (nSPS) is 24.2. The molecule has 6 rings (SSSR count). The molecule has 1 saturated heterocycles. The van der Waals surface area contributed by atoms with E-state index in [1.807, 2.05) is 65.3 Å². The Morgan fingerprint density at radius 1 is 0.941 bits per heavy atom. The first-order valence-electron chi connectivity index (χ1n) is 16.7. The Kier molecular flexibility index (Phi) is 13.0. The maximum Gasteiger partial charge on any atom is 1.00 e. The number of allylic oxidation sites excluding steroid dienone is 2. The topological polar surface area (TPSA) is 185 Å². The van der Waals surface area contributed by atoms with Crippen LogP contribution in [0.2, 0.25) is 0 Å². The first-order valence-corrected chi connectivity index (χ1v) is 21.3. The van der Waals surface area contributed by atoms with E-state index in [4.69, 9.17) is 5.11 Å². The summed E-state index contributed by atoms with van der Waals surface area (Å²) in [5.74, 6) is -1.14. The number of carbonyl (C=O) groups is 2. The van der Waals surface area contributed by atoms with E-state index in [1.54, 1.807) is 0 Å². The zero-order chi connectivity index (χ0) is 35.7. The quantitative estimate of drug-likeness (QED) is 0.0855. The summed E-state index contributed by atoms with van der Waals surface area (Å²) in [4.78, 5) is 24.7. The number of amides is 1. The van der Waals surface area contributed by atoms with Gasteiger partial charge in [-0.1, -0.05) is 35.6 Å². The van der Waals surface area contributed by atoms with Gasteiger partial charge >= 0.3 is 35.5 Å². The van der Waals surface area contributed by atoms with Crippen LogP contribution in [0, 0.1) is 0 Å². The summed E-state index contributed by atoms with van der Waals surface area (Å²) < 4.78 is 78.1. The zero-order valence-corrected chi connectivity index (χ0v) is 33.5. The number of aliphatic carboxylic acids is 1. The molecule has 17 heteroatoms. The number of thioether (sulfide) groups is 1. The molecule has 1 aliphatic carbocycles. The van der Waals surface area contributed by atoms with Crippen molar-refractivity contribution in [2.75, 3.05) is 13.1 Å². The van der Waals surface area contributed by atoms with Crippen LogP contribution in [0.3, 0.4) is 0 Å². The van der Waals surface area contributed by atoms with Crippen molar-refractivity contribution < 1.29 is 74.8 Å². The number of nitrogens with one attached hydrogen (secondary N) is 1. The van der Waals surface area contributed by atoms with Crippen molar-refractivity contribution in [1.29, 1.82) is 0 Å². The van der Waals surface area contributed by atoms with Crippen LogP contribution in [-0.4, -0.2) is 66.6 Å². The van der Waals surface area contributed by atoms with Crippen molar-refractivity contribution in [1.82, 2.24) is 9.80 Å². The second-order valence-electron chi connectivity index (χ2n) is 13.0. The van der Waals surface area contributed by atoms with Gasteiger partial charge in [0.1, 0.15) is 20.1 Å². The molecular weight excluding hydrogens is 746 g/mol. The van der Waals surface area contributed by atoms with Crippen molar-refractivity contribution in [3.8, 4) is 0 Å². The number of carboxylic acid groups (broad SMARTS) is 1. The van der Waals surface area contributed by atoms with Gasteiger partial charge in [-0.15, -0.1) is 0 Å². The Hall–Kier alpha value is -2.12. The minimum Gasteiger partial charge on any atom is -0.748 e. The van der Waals surface area contributed by atoms with E-state index < -0.39 is 42.9 Å². The minimum atomic E-state index is -4.71. The molecule has 4 atom stereocenters. The average molecular weight is 785 g/mol. The van der Waals surface area contributed by atoms with Gasteiger partial charge in [-0.3, -0.25) is 9.59 Å². The summed E-state index contributed by atoms with van der Waals surface area (Å²) in [5, 5.41) is 10.8. The standard InChI is InChI=1S/C34H39N3O9S4.Na/c38-30(35-19-6-5-16-34(39)40)18-17-23(22-32-37(20-8-15-33(37)50(44,45)46)26-11-2-4-13-28(26)48-32)21-31-36(24-9-1-3-12-27(24)47-31)25-10-7-14-29(25)49(41,42)43;/h1-4,9,11-13,21-22,25,29,33H,5-8,10,14-20H2,(H2-2,35,38,39,40,41,42,43,44,45,46);/q;+1/b23-21+,32-22-;. The summed E-state index contributed by atoms with van der Waals surface area (Å²) >= 11 is 2.84. The molecule has 268 valence electrons. The van der Waals surface area contributed by atoms with E-state index in [0.717, 1.165) is 20.8 Å². The molecule has 1 spiro atoms. The fourth-order valence-electron chi connectivity index (χ4n) is 7.58. The molecule has 1 saturated carbocycles. The van der Waals surface area contributed by atoms with Gasteiger partial charge in [0.05, 0.1) is 11.4 Å². The van der Waals surface area contributed by atoms with Crippen LogP contribution in [0.25, 0.3) is 16.3 Å².